The zero-order valence-corrected chi connectivity index (χ0v) is 13.6. The quantitative estimate of drug-likeness (QED) is 0.771. The molecule has 1 aliphatic heterocycles. The van der Waals surface area contributed by atoms with Gasteiger partial charge in [-0.05, 0) is 32.6 Å². The minimum atomic E-state index is -1.03. The summed E-state index contributed by atoms with van der Waals surface area (Å²) in [5, 5.41) is 11.1. The molecule has 0 radical (unpaired) electrons. The third kappa shape index (κ3) is 2.50. The highest BCUT2D eigenvalue weighted by Crippen LogP contribution is 2.54. The van der Waals surface area contributed by atoms with Gasteiger partial charge in [-0.1, -0.05) is 6.42 Å². The van der Waals surface area contributed by atoms with Crippen molar-refractivity contribution in [3.63, 3.8) is 0 Å². The molecule has 3 rings (SSSR count). The van der Waals surface area contributed by atoms with Gasteiger partial charge in [0.05, 0.1) is 18.1 Å². The number of hydrogen-bond donors (Lipinski definition) is 2. The number of ether oxygens (including phenoxy) is 1. The number of aromatic nitrogens is 3. The summed E-state index contributed by atoms with van der Waals surface area (Å²) in [4.78, 5) is 26.6. The molecule has 2 aliphatic rings. The van der Waals surface area contributed by atoms with E-state index in [1.54, 1.807) is 6.92 Å². The van der Waals surface area contributed by atoms with Crippen LogP contribution in [0.4, 0.5) is 11.9 Å². The molecule has 1 saturated carbocycles. The maximum Gasteiger partial charge on any atom is 0.314 e. The van der Waals surface area contributed by atoms with Crippen LogP contribution >= 0.6 is 0 Å². The van der Waals surface area contributed by atoms with Gasteiger partial charge in [0, 0.05) is 13.1 Å². The number of carbonyl (C=O) groups is 1. The van der Waals surface area contributed by atoms with Crippen LogP contribution in [0.15, 0.2) is 0 Å². The Morgan fingerprint density at radius 3 is 2.35 bits per heavy atom. The Balaban J connectivity index is 1.76. The van der Waals surface area contributed by atoms with Crippen LogP contribution in [-0.4, -0.2) is 51.8 Å². The first-order chi connectivity index (χ1) is 10.9. The van der Waals surface area contributed by atoms with Gasteiger partial charge in [0.25, 0.3) is 0 Å². The molecule has 8 nitrogen and oxygen atoms in total. The van der Waals surface area contributed by atoms with E-state index in [2.05, 4.69) is 15.0 Å². The first-order valence-electron chi connectivity index (χ1n) is 7.94. The zero-order valence-electron chi connectivity index (χ0n) is 13.6. The normalized spacial score (nSPS) is 22.3. The predicted molar refractivity (Wildman–Crippen MR) is 83.7 cm³/mol. The second-order valence-electron chi connectivity index (χ2n) is 6.49. The lowest BCUT2D eigenvalue weighted by molar-refractivity contribution is -0.192. The first kappa shape index (κ1) is 15.9. The molecule has 1 aromatic heterocycles. The molecular formula is C15H23N5O3. The molecule has 1 aliphatic carbocycles. The Morgan fingerprint density at radius 1 is 1.22 bits per heavy atom. The second kappa shape index (κ2) is 5.59. The average Bonchev–Trinajstić information content (AvgIpc) is 2.45. The van der Waals surface area contributed by atoms with E-state index in [0.29, 0.717) is 50.5 Å². The summed E-state index contributed by atoms with van der Waals surface area (Å²) < 4.78 is 4.96. The molecule has 2 fully saturated rings. The van der Waals surface area contributed by atoms with Crippen molar-refractivity contribution >= 4 is 17.9 Å². The lowest BCUT2D eigenvalue weighted by Gasteiger charge is -2.53. The topological polar surface area (TPSA) is 114 Å². The predicted octanol–water partition coefficient (Wildman–Crippen LogP) is 0.437. The molecule has 23 heavy (non-hydrogen) atoms. The summed E-state index contributed by atoms with van der Waals surface area (Å²) in [6.07, 6.45) is 3.28. The lowest BCUT2D eigenvalue weighted by Crippen LogP contribution is -2.61. The zero-order chi connectivity index (χ0) is 16.7. The maximum atomic E-state index is 12.2. The van der Waals surface area contributed by atoms with Crippen LogP contribution < -0.4 is 10.6 Å². The molecular weight excluding hydrogens is 298 g/mol. The molecule has 0 aromatic carbocycles. The fourth-order valence-electron chi connectivity index (χ4n) is 3.77. The number of aliphatic hydroxyl groups is 1. The maximum absolute atomic E-state index is 12.2. The van der Waals surface area contributed by atoms with Crippen LogP contribution in [0, 0.1) is 12.3 Å². The molecule has 1 aromatic rings. The van der Waals surface area contributed by atoms with E-state index < -0.39 is 11.0 Å². The van der Waals surface area contributed by atoms with E-state index in [1.165, 1.54) is 7.11 Å². The van der Waals surface area contributed by atoms with E-state index in [4.69, 9.17) is 10.5 Å². The van der Waals surface area contributed by atoms with Crippen molar-refractivity contribution in [3.8, 4) is 0 Å². The number of methoxy groups -OCH3 is 1. The van der Waals surface area contributed by atoms with Crippen LogP contribution in [0.25, 0.3) is 0 Å². The molecule has 0 unspecified atom stereocenters. The van der Waals surface area contributed by atoms with Crippen LogP contribution in [0.3, 0.4) is 0 Å². The monoisotopic (exact) mass is 321 g/mol. The molecule has 8 heteroatoms. The highest BCUT2D eigenvalue weighted by Gasteiger charge is 2.60. The smallest absolute Gasteiger partial charge is 0.314 e. The Hall–Kier alpha value is -1.96. The number of nitrogens with two attached hydrogens (primary N) is 1. The number of hydrogen-bond acceptors (Lipinski definition) is 8. The van der Waals surface area contributed by atoms with Crippen LogP contribution in [-0.2, 0) is 9.53 Å². The van der Waals surface area contributed by atoms with Gasteiger partial charge in [0.2, 0.25) is 11.9 Å². The van der Waals surface area contributed by atoms with E-state index in [1.807, 2.05) is 4.90 Å². The number of aryl methyl sites for hydroxylation is 1. The summed E-state index contributed by atoms with van der Waals surface area (Å²) >= 11 is 0. The van der Waals surface area contributed by atoms with Crippen molar-refractivity contribution in [2.75, 3.05) is 30.8 Å². The molecule has 2 heterocycles. The van der Waals surface area contributed by atoms with Gasteiger partial charge in [-0.3, -0.25) is 4.79 Å². The van der Waals surface area contributed by atoms with Crippen molar-refractivity contribution in [2.24, 2.45) is 5.41 Å². The number of carbonyl (C=O) groups excluding carboxylic acids is 1. The molecule has 0 bridgehead atoms. The number of esters is 1. The van der Waals surface area contributed by atoms with Crippen LogP contribution in [0.5, 0.6) is 0 Å². The minimum Gasteiger partial charge on any atom is -0.469 e. The number of nitrogen functional groups attached to an aromatic ring is 1. The van der Waals surface area contributed by atoms with Gasteiger partial charge in [-0.2, -0.15) is 15.0 Å². The van der Waals surface area contributed by atoms with Gasteiger partial charge in [0.1, 0.15) is 5.82 Å². The molecule has 1 saturated heterocycles. The Morgan fingerprint density at radius 2 is 1.87 bits per heavy atom. The molecule has 0 spiro atoms. The number of piperidine rings is 1. The second-order valence-corrected chi connectivity index (χ2v) is 6.49. The van der Waals surface area contributed by atoms with E-state index in [9.17, 15) is 9.90 Å². The molecule has 0 atom stereocenters. The Bertz CT molecular complexity index is 589. The van der Waals surface area contributed by atoms with Crippen molar-refractivity contribution < 1.29 is 14.6 Å². The first-order valence-corrected chi connectivity index (χ1v) is 7.94. The van der Waals surface area contributed by atoms with Gasteiger partial charge < -0.3 is 20.5 Å². The van der Waals surface area contributed by atoms with E-state index in [0.717, 1.165) is 6.42 Å². The van der Waals surface area contributed by atoms with Gasteiger partial charge in [-0.25, -0.2) is 0 Å². The SMILES string of the molecule is COC(=O)C1(C2(O)CCN(c3nc(C)nc(N)n3)CC2)CCC1. The largest absolute Gasteiger partial charge is 0.469 e. The van der Waals surface area contributed by atoms with E-state index in [-0.39, 0.29) is 11.9 Å². The summed E-state index contributed by atoms with van der Waals surface area (Å²) in [6.45, 7) is 2.90. The van der Waals surface area contributed by atoms with Crippen LogP contribution in [0.2, 0.25) is 0 Å². The third-order valence-electron chi connectivity index (χ3n) is 5.30. The number of rotatable bonds is 3. The molecule has 0 amide bonds. The number of anilines is 2. The van der Waals surface area contributed by atoms with Crippen LogP contribution in [0.1, 0.15) is 37.9 Å². The average molecular weight is 321 g/mol. The fraction of sp³-hybridized carbons (Fsp3) is 0.733. The van der Waals surface area contributed by atoms with Gasteiger partial charge in [-0.15, -0.1) is 0 Å². The Labute approximate surface area is 135 Å². The summed E-state index contributed by atoms with van der Waals surface area (Å²) in [7, 11) is 1.39. The van der Waals surface area contributed by atoms with Crippen molar-refractivity contribution in [3.05, 3.63) is 5.82 Å². The summed E-state index contributed by atoms with van der Waals surface area (Å²) in [5.74, 6) is 0.995. The van der Waals surface area contributed by atoms with Crippen molar-refractivity contribution in [1.82, 2.24) is 15.0 Å². The third-order valence-corrected chi connectivity index (χ3v) is 5.30. The standard InChI is InChI=1S/C15H23N5O3/c1-10-17-12(16)19-13(18-10)20-8-6-15(22,7-9-20)14(4-3-5-14)11(21)23-2/h22H,3-9H2,1-2H3,(H2,16,17,18,19). The van der Waals surface area contributed by atoms with Crippen molar-refractivity contribution in [2.45, 2.75) is 44.6 Å². The fourth-order valence-corrected chi connectivity index (χ4v) is 3.77. The van der Waals surface area contributed by atoms with E-state index >= 15 is 0 Å². The molecule has 126 valence electrons. The number of nitrogens with zero attached hydrogens (tertiary/aromatic N) is 4. The molecule has 3 N–H and O–H groups in total. The Kier molecular flexibility index (Phi) is 3.87. The highest BCUT2D eigenvalue weighted by atomic mass is 16.5. The lowest BCUT2D eigenvalue weighted by atomic mass is 9.56. The van der Waals surface area contributed by atoms with Crippen molar-refractivity contribution in [1.29, 1.82) is 0 Å². The summed E-state index contributed by atoms with van der Waals surface area (Å²) in [6, 6.07) is 0. The summed E-state index contributed by atoms with van der Waals surface area (Å²) in [5.41, 5.74) is 3.90. The minimum absolute atomic E-state index is 0.193. The highest BCUT2D eigenvalue weighted by molar-refractivity contribution is 5.79. The van der Waals surface area contributed by atoms with Gasteiger partial charge >= 0.3 is 5.97 Å². The van der Waals surface area contributed by atoms with Gasteiger partial charge in [0.15, 0.2) is 0 Å².